The summed E-state index contributed by atoms with van der Waals surface area (Å²) in [6.07, 6.45) is 0. The van der Waals surface area contributed by atoms with E-state index in [9.17, 15) is 14.7 Å². The normalized spacial score (nSPS) is 10.2. The number of amides is 1. The summed E-state index contributed by atoms with van der Waals surface area (Å²) in [7, 11) is 0. The van der Waals surface area contributed by atoms with Crippen molar-refractivity contribution in [2.45, 2.75) is 13.8 Å². The first kappa shape index (κ1) is 15.3. The van der Waals surface area contributed by atoms with Crippen molar-refractivity contribution in [3.05, 3.63) is 63.1 Å². The topological polar surface area (TPSA) is 66.4 Å². The first-order valence-corrected chi connectivity index (χ1v) is 7.10. The summed E-state index contributed by atoms with van der Waals surface area (Å²) in [5.41, 5.74) is 2.40. The molecule has 0 atom stereocenters. The van der Waals surface area contributed by atoms with E-state index in [1.807, 2.05) is 13.0 Å². The van der Waals surface area contributed by atoms with Gasteiger partial charge in [-0.05, 0) is 53.0 Å². The maximum atomic E-state index is 12.3. The third-order valence-corrected chi connectivity index (χ3v) is 4.22. The van der Waals surface area contributed by atoms with Crippen LogP contribution in [0, 0.1) is 13.8 Å². The Kier molecular flexibility index (Phi) is 4.43. The molecule has 2 N–H and O–H groups in total. The van der Waals surface area contributed by atoms with Crippen LogP contribution in [-0.4, -0.2) is 17.0 Å². The van der Waals surface area contributed by atoms with Crippen LogP contribution in [0.2, 0.25) is 0 Å². The van der Waals surface area contributed by atoms with Crippen LogP contribution in [0.1, 0.15) is 31.8 Å². The third-order valence-electron chi connectivity index (χ3n) is 3.17. The zero-order valence-electron chi connectivity index (χ0n) is 11.6. The molecule has 5 heteroatoms. The summed E-state index contributed by atoms with van der Waals surface area (Å²) < 4.78 is 0.701. The molecule has 4 nitrogen and oxygen atoms in total. The van der Waals surface area contributed by atoms with Gasteiger partial charge in [-0.2, -0.15) is 0 Å². The lowest BCUT2D eigenvalue weighted by atomic mass is 10.1. The van der Waals surface area contributed by atoms with Crippen LogP contribution in [0.25, 0.3) is 0 Å². The van der Waals surface area contributed by atoms with Crippen LogP contribution in [0.15, 0.2) is 40.9 Å². The van der Waals surface area contributed by atoms with Crippen molar-refractivity contribution < 1.29 is 14.7 Å². The zero-order chi connectivity index (χ0) is 15.6. The molecule has 0 unspecified atom stereocenters. The van der Waals surface area contributed by atoms with Gasteiger partial charge in [0.2, 0.25) is 0 Å². The molecule has 108 valence electrons. The second kappa shape index (κ2) is 6.10. The maximum absolute atomic E-state index is 12.3. The number of carbonyl (C=O) groups excluding carboxylic acids is 1. The summed E-state index contributed by atoms with van der Waals surface area (Å²) in [5.74, 6) is -1.41. The summed E-state index contributed by atoms with van der Waals surface area (Å²) in [6, 6.07) is 10.3. The van der Waals surface area contributed by atoms with Crippen molar-refractivity contribution >= 4 is 33.5 Å². The molecule has 0 saturated carbocycles. The first-order chi connectivity index (χ1) is 9.91. The molecule has 2 aromatic carbocycles. The van der Waals surface area contributed by atoms with Gasteiger partial charge < -0.3 is 10.4 Å². The largest absolute Gasteiger partial charge is 0.478 e. The number of anilines is 1. The number of carboxylic acid groups (broad SMARTS) is 1. The average Bonchev–Trinajstić information content (AvgIpc) is 2.41. The van der Waals surface area contributed by atoms with Gasteiger partial charge in [-0.3, -0.25) is 4.79 Å². The number of halogens is 1. The highest BCUT2D eigenvalue weighted by molar-refractivity contribution is 9.10. The molecule has 0 aliphatic carbocycles. The number of carboxylic acids is 1. The highest BCUT2D eigenvalue weighted by Gasteiger charge is 2.17. The molecule has 0 aliphatic heterocycles. The second-order valence-corrected chi connectivity index (χ2v) is 5.49. The Hall–Kier alpha value is -2.14. The quantitative estimate of drug-likeness (QED) is 0.881. The molecule has 2 rings (SSSR count). The van der Waals surface area contributed by atoms with Gasteiger partial charge in [-0.15, -0.1) is 0 Å². The number of rotatable bonds is 3. The van der Waals surface area contributed by atoms with Crippen LogP contribution < -0.4 is 5.32 Å². The van der Waals surface area contributed by atoms with E-state index < -0.39 is 5.97 Å². The van der Waals surface area contributed by atoms with Crippen molar-refractivity contribution in [3.8, 4) is 0 Å². The Morgan fingerprint density at radius 2 is 1.67 bits per heavy atom. The van der Waals surface area contributed by atoms with Gasteiger partial charge in [0, 0.05) is 4.47 Å². The second-order valence-electron chi connectivity index (χ2n) is 4.69. The lowest BCUT2D eigenvalue weighted by molar-refractivity contribution is 0.0697. The number of benzene rings is 2. The van der Waals surface area contributed by atoms with Crippen molar-refractivity contribution in [1.82, 2.24) is 0 Å². The summed E-state index contributed by atoms with van der Waals surface area (Å²) in [4.78, 5) is 23.7. The van der Waals surface area contributed by atoms with Crippen LogP contribution in [-0.2, 0) is 0 Å². The molecule has 0 aromatic heterocycles. The van der Waals surface area contributed by atoms with Crippen LogP contribution in [0.5, 0.6) is 0 Å². The van der Waals surface area contributed by atoms with E-state index >= 15 is 0 Å². The Labute approximate surface area is 130 Å². The molecule has 0 spiro atoms. The third kappa shape index (κ3) is 3.13. The number of aromatic carboxylic acids is 1. The minimum absolute atomic E-state index is 0.106. The van der Waals surface area contributed by atoms with E-state index in [1.165, 1.54) is 0 Å². The van der Waals surface area contributed by atoms with E-state index in [-0.39, 0.29) is 11.5 Å². The molecular weight excluding hydrogens is 334 g/mol. The lowest BCUT2D eigenvalue weighted by Crippen LogP contribution is -2.16. The van der Waals surface area contributed by atoms with Gasteiger partial charge in [0.05, 0.1) is 16.8 Å². The van der Waals surface area contributed by atoms with Crippen molar-refractivity contribution in [3.63, 3.8) is 0 Å². The van der Waals surface area contributed by atoms with Crippen molar-refractivity contribution in [2.75, 3.05) is 5.32 Å². The minimum atomic E-state index is -1.06. The van der Waals surface area contributed by atoms with Crippen molar-refractivity contribution in [1.29, 1.82) is 0 Å². The predicted molar refractivity (Wildman–Crippen MR) is 85.0 cm³/mol. The summed E-state index contributed by atoms with van der Waals surface area (Å²) in [5, 5.41) is 11.9. The molecule has 0 saturated heterocycles. The molecule has 0 aliphatic rings. The number of hydrogen-bond acceptors (Lipinski definition) is 2. The lowest BCUT2D eigenvalue weighted by Gasteiger charge is -2.12. The monoisotopic (exact) mass is 347 g/mol. The Morgan fingerprint density at radius 1 is 1.05 bits per heavy atom. The fourth-order valence-electron chi connectivity index (χ4n) is 2.07. The van der Waals surface area contributed by atoms with Crippen LogP contribution >= 0.6 is 15.9 Å². The number of nitrogens with one attached hydrogen (secondary N) is 1. The molecular formula is C16H14BrNO3. The Morgan fingerprint density at radius 3 is 2.33 bits per heavy atom. The number of aryl methyl sites for hydroxylation is 2. The van der Waals surface area contributed by atoms with E-state index in [4.69, 9.17) is 0 Å². The maximum Gasteiger partial charge on any atom is 0.338 e. The first-order valence-electron chi connectivity index (χ1n) is 6.31. The van der Waals surface area contributed by atoms with E-state index in [0.717, 1.165) is 5.56 Å². The number of carbonyl (C=O) groups is 2. The molecule has 0 heterocycles. The van der Waals surface area contributed by atoms with Gasteiger partial charge in [-0.25, -0.2) is 4.79 Å². The Bertz CT molecular complexity index is 725. The SMILES string of the molecule is Cc1cccc(C(=O)Nc2cccc(C)c2C(=O)O)c1Br. The highest BCUT2D eigenvalue weighted by Crippen LogP contribution is 2.24. The molecule has 21 heavy (non-hydrogen) atoms. The summed E-state index contributed by atoms with van der Waals surface area (Å²) in [6.45, 7) is 3.58. The standard InChI is InChI=1S/C16H14BrNO3/c1-9-5-4-8-12(13(9)16(20)21)18-15(19)11-7-3-6-10(2)14(11)17/h3-8H,1-2H3,(H,18,19)(H,20,21). The van der Waals surface area contributed by atoms with Gasteiger partial charge in [0.1, 0.15) is 0 Å². The minimum Gasteiger partial charge on any atom is -0.478 e. The van der Waals surface area contributed by atoms with Gasteiger partial charge >= 0.3 is 5.97 Å². The van der Waals surface area contributed by atoms with E-state index in [2.05, 4.69) is 21.2 Å². The number of hydrogen-bond donors (Lipinski definition) is 2. The smallest absolute Gasteiger partial charge is 0.338 e. The Balaban J connectivity index is 2.39. The van der Waals surface area contributed by atoms with Crippen LogP contribution in [0.4, 0.5) is 5.69 Å². The van der Waals surface area contributed by atoms with Gasteiger partial charge in [-0.1, -0.05) is 24.3 Å². The molecule has 2 aromatic rings. The molecule has 1 amide bonds. The molecule has 0 radical (unpaired) electrons. The molecule has 0 fully saturated rings. The fourth-order valence-corrected chi connectivity index (χ4v) is 2.51. The summed E-state index contributed by atoms with van der Waals surface area (Å²) >= 11 is 3.38. The fraction of sp³-hybridized carbons (Fsp3) is 0.125. The average molecular weight is 348 g/mol. The predicted octanol–water partition coefficient (Wildman–Crippen LogP) is 4.02. The van der Waals surface area contributed by atoms with Crippen LogP contribution in [0.3, 0.4) is 0 Å². The molecule has 0 bridgehead atoms. The van der Waals surface area contributed by atoms with Gasteiger partial charge in [0.15, 0.2) is 0 Å². The zero-order valence-corrected chi connectivity index (χ0v) is 13.2. The highest BCUT2D eigenvalue weighted by atomic mass is 79.9. The van der Waals surface area contributed by atoms with E-state index in [1.54, 1.807) is 37.3 Å². The van der Waals surface area contributed by atoms with Gasteiger partial charge in [0.25, 0.3) is 5.91 Å². The van der Waals surface area contributed by atoms with Crippen molar-refractivity contribution in [2.24, 2.45) is 0 Å². The van der Waals surface area contributed by atoms with E-state index in [0.29, 0.717) is 21.3 Å².